The van der Waals surface area contributed by atoms with Gasteiger partial charge in [-0.2, -0.15) is 0 Å². The summed E-state index contributed by atoms with van der Waals surface area (Å²) in [6, 6.07) is 6.89. The van der Waals surface area contributed by atoms with Gasteiger partial charge in [-0.05, 0) is 12.1 Å². The predicted octanol–water partition coefficient (Wildman–Crippen LogP) is 2.12. The van der Waals surface area contributed by atoms with Gasteiger partial charge in [0.2, 0.25) is 5.43 Å². The lowest BCUT2D eigenvalue weighted by Crippen LogP contribution is -2.15. The number of hydrogen-bond donors (Lipinski definition) is 2. The zero-order valence-electron chi connectivity index (χ0n) is 8.58. The molecule has 0 spiro atoms. The minimum Gasteiger partial charge on any atom is -0.508 e. The Bertz CT molecular complexity index is 686. The van der Waals surface area contributed by atoms with Crippen molar-refractivity contribution in [2.75, 3.05) is 0 Å². The van der Waals surface area contributed by atoms with Crippen molar-refractivity contribution in [2.45, 2.75) is 10.3 Å². The summed E-state index contributed by atoms with van der Waals surface area (Å²) < 4.78 is 5.52. The van der Waals surface area contributed by atoms with Crippen LogP contribution >= 0.6 is 11.8 Å². The fourth-order valence-electron chi connectivity index (χ4n) is 1.73. The number of benzene rings is 1. The van der Waals surface area contributed by atoms with Gasteiger partial charge in [-0.3, -0.25) is 4.79 Å². The molecule has 1 aromatic heterocycles. The minimum atomic E-state index is -1.11. The van der Waals surface area contributed by atoms with Gasteiger partial charge in [0.1, 0.15) is 22.0 Å². The molecule has 0 radical (unpaired) electrons. The summed E-state index contributed by atoms with van der Waals surface area (Å²) in [6.45, 7) is 0. The van der Waals surface area contributed by atoms with Gasteiger partial charge in [0.15, 0.2) is 5.44 Å². The number of fused-ring (bicyclic) bond motifs is 2. The molecule has 1 unspecified atom stereocenters. The van der Waals surface area contributed by atoms with Crippen molar-refractivity contribution in [1.29, 1.82) is 0 Å². The van der Waals surface area contributed by atoms with Crippen LogP contribution < -0.4 is 5.43 Å². The number of rotatable bonds is 0. The number of hydrogen-bond acceptors (Lipinski definition) is 5. The van der Waals surface area contributed by atoms with Gasteiger partial charge < -0.3 is 14.6 Å². The first-order valence-corrected chi connectivity index (χ1v) is 5.86. The Hall–Kier alpha value is -1.72. The van der Waals surface area contributed by atoms with E-state index in [1.54, 1.807) is 24.3 Å². The summed E-state index contributed by atoms with van der Waals surface area (Å²) >= 11 is 0.892. The maximum Gasteiger partial charge on any atom is 0.206 e. The highest BCUT2D eigenvalue weighted by molar-refractivity contribution is 8.00. The Morgan fingerprint density at radius 2 is 2.06 bits per heavy atom. The van der Waals surface area contributed by atoms with Crippen LogP contribution in [0, 0.1) is 0 Å². The van der Waals surface area contributed by atoms with Crippen molar-refractivity contribution >= 4 is 28.8 Å². The molecule has 0 saturated carbocycles. The molecule has 17 heavy (non-hydrogen) atoms. The van der Waals surface area contributed by atoms with Crippen LogP contribution in [0.15, 0.2) is 44.1 Å². The minimum absolute atomic E-state index is 0.186. The summed E-state index contributed by atoms with van der Waals surface area (Å²) in [5, 5.41) is 19.4. The first kappa shape index (κ1) is 10.4. The fourth-order valence-corrected chi connectivity index (χ4v) is 2.57. The third-order valence-corrected chi connectivity index (χ3v) is 3.63. The van der Waals surface area contributed by atoms with Crippen LogP contribution in [0.4, 0.5) is 0 Å². The zero-order chi connectivity index (χ0) is 12.0. The van der Waals surface area contributed by atoms with Crippen molar-refractivity contribution in [3.8, 4) is 0 Å². The standard InChI is InChI=1S/C12H8O4S/c13-7-5-9-11(17-12(7)15)10(14)6-3-1-2-4-8(6)16-9/h1-5,12-13,15H. The summed E-state index contributed by atoms with van der Waals surface area (Å²) in [7, 11) is 0. The lowest BCUT2D eigenvalue weighted by molar-refractivity contribution is 0.226. The lowest BCUT2D eigenvalue weighted by Gasteiger charge is -2.16. The van der Waals surface area contributed by atoms with Crippen LogP contribution in [0.5, 0.6) is 0 Å². The fraction of sp³-hybridized carbons (Fsp3) is 0.0833. The molecule has 5 heteroatoms. The van der Waals surface area contributed by atoms with Crippen molar-refractivity contribution in [3.63, 3.8) is 0 Å². The van der Waals surface area contributed by atoms with Gasteiger partial charge in [-0.25, -0.2) is 0 Å². The summed E-state index contributed by atoms with van der Waals surface area (Å²) in [5.41, 5.74) is -0.821. The zero-order valence-corrected chi connectivity index (χ0v) is 9.40. The first-order chi connectivity index (χ1) is 8.16. The molecule has 0 bridgehead atoms. The molecule has 0 saturated heterocycles. The molecular weight excluding hydrogens is 240 g/mol. The monoisotopic (exact) mass is 248 g/mol. The second kappa shape index (κ2) is 3.65. The first-order valence-electron chi connectivity index (χ1n) is 4.98. The predicted molar refractivity (Wildman–Crippen MR) is 65.0 cm³/mol. The summed E-state index contributed by atoms with van der Waals surface area (Å²) in [6.07, 6.45) is 1.28. The van der Waals surface area contributed by atoms with E-state index in [-0.39, 0.29) is 11.2 Å². The highest BCUT2D eigenvalue weighted by Crippen LogP contribution is 2.34. The number of aliphatic hydroxyl groups is 2. The third-order valence-electron chi connectivity index (χ3n) is 2.54. The van der Waals surface area contributed by atoms with E-state index >= 15 is 0 Å². The van der Waals surface area contributed by atoms with E-state index in [1.165, 1.54) is 6.08 Å². The highest BCUT2D eigenvalue weighted by Gasteiger charge is 2.24. The second-order valence-electron chi connectivity index (χ2n) is 3.66. The Morgan fingerprint density at radius 1 is 1.29 bits per heavy atom. The largest absolute Gasteiger partial charge is 0.508 e. The Balaban J connectivity index is 2.39. The van der Waals surface area contributed by atoms with Gasteiger partial charge in [-0.1, -0.05) is 23.9 Å². The normalized spacial score (nSPS) is 18.9. The van der Waals surface area contributed by atoms with E-state index in [9.17, 15) is 15.0 Å². The number of aliphatic hydroxyl groups excluding tert-OH is 2. The Labute approximate surface area is 100 Å². The van der Waals surface area contributed by atoms with Crippen LogP contribution in [0.1, 0.15) is 5.76 Å². The van der Waals surface area contributed by atoms with Crippen molar-refractivity contribution in [2.24, 2.45) is 0 Å². The van der Waals surface area contributed by atoms with Gasteiger partial charge in [0.25, 0.3) is 0 Å². The molecule has 2 aromatic rings. The van der Waals surface area contributed by atoms with E-state index in [1.807, 2.05) is 0 Å². The SMILES string of the molecule is O=c1c2c(oc3ccccc13)C=C(O)C(O)S2. The summed E-state index contributed by atoms with van der Waals surface area (Å²) in [5.74, 6) is 0.0856. The molecule has 86 valence electrons. The van der Waals surface area contributed by atoms with E-state index in [4.69, 9.17) is 4.42 Å². The van der Waals surface area contributed by atoms with E-state index in [2.05, 4.69) is 0 Å². The average Bonchev–Trinajstić information content (AvgIpc) is 2.32. The molecular formula is C12H8O4S. The lowest BCUT2D eigenvalue weighted by atomic mass is 10.2. The molecule has 1 aliphatic heterocycles. The molecule has 1 aliphatic rings. The second-order valence-corrected chi connectivity index (χ2v) is 4.75. The van der Waals surface area contributed by atoms with Crippen LogP contribution in [0.2, 0.25) is 0 Å². The Kier molecular flexibility index (Phi) is 2.24. The van der Waals surface area contributed by atoms with E-state index < -0.39 is 5.44 Å². The van der Waals surface area contributed by atoms with E-state index in [0.717, 1.165) is 11.8 Å². The number of thioether (sulfide) groups is 1. The molecule has 0 aliphatic carbocycles. The van der Waals surface area contributed by atoms with Crippen LogP contribution in [0.25, 0.3) is 17.0 Å². The summed E-state index contributed by atoms with van der Waals surface area (Å²) in [4.78, 5) is 12.5. The topological polar surface area (TPSA) is 70.7 Å². The van der Waals surface area contributed by atoms with Crippen LogP contribution in [-0.4, -0.2) is 15.6 Å². The molecule has 3 rings (SSSR count). The van der Waals surface area contributed by atoms with Gasteiger partial charge >= 0.3 is 0 Å². The Morgan fingerprint density at radius 3 is 2.88 bits per heavy atom. The molecule has 2 N–H and O–H groups in total. The molecule has 0 amide bonds. The quantitative estimate of drug-likeness (QED) is 0.747. The molecule has 1 atom stereocenters. The van der Waals surface area contributed by atoms with Crippen molar-refractivity contribution in [3.05, 3.63) is 46.0 Å². The van der Waals surface area contributed by atoms with Gasteiger partial charge in [0, 0.05) is 6.08 Å². The smallest absolute Gasteiger partial charge is 0.206 e. The van der Waals surface area contributed by atoms with Crippen LogP contribution in [0.3, 0.4) is 0 Å². The average molecular weight is 248 g/mol. The number of para-hydroxylation sites is 1. The van der Waals surface area contributed by atoms with Crippen molar-refractivity contribution < 1.29 is 14.6 Å². The highest BCUT2D eigenvalue weighted by atomic mass is 32.2. The maximum absolute atomic E-state index is 12.1. The maximum atomic E-state index is 12.1. The van der Waals surface area contributed by atoms with Crippen LogP contribution in [-0.2, 0) is 0 Å². The van der Waals surface area contributed by atoms with E-state index in [0.29, 0.717) is 21.6 Å². The van der Waals surface area contributed by atoms with Crippen molar-refractivity contribution in [1.82, 2.24) is 0 Å². The third kappa shape index (κ3) is 1.55. The molecule has 2 heterocycles. The molecule has 4 nitrogen and oxygen atoms in total. The molecule has 0 fully saturated rings. The van der Waals surface area contributed by atoms with Gasteiger partial charge in [-0.15, -0.1) is 0 Å². The van der Waals surface area contributed by atoms with Gasteiger partial charge in [0.05, 0.1) is 5.39 Å². The molecule has 1 aromatic carbocycles.